The Labute approximate surface area is 215 Å². The highest BCUT2D eigenvalue weighted by Gasteiger charge is 2.59. The highest BCUT2D eigenvalue weighted by Crippen LogP contribution is 2.40. The summed E-state index contributed by atoms with van der Waals surface area (Å²) in [6.45, 7) is -0.366. The fourth-order valence-electron chi connectivity index (χ4n) is 3.60. The van der Waals surface area contributed by atoms with Gasteiger partial charge < -0.3 is 18.9 Å². The lowest BCUT2D eigenvalue weighted by molar-refractivity contribution is -0.0442. The van der Waals surface area contributed by atoms with E-state index in [1.165, 1.54) is 0 Å². The first-order valence-corrected chi connectivity index (χ1v) is 11.7. The first kappa shape index (κ1) is 25.1. The summed E-state index contributed by atoms with van der Waals surface area (Å²) < 4.78 is 20.6. The molecule has 9 heteroatoms. The van der Waals surface area contributed by atoms with Crippen molar-refractivity contribution in [3.05, 3.63) is 108 Å². The number of halogens is 1. The van der Waals surface area contributed by atoms with Crippen molar-refractivity contribution >= 4 is 33.8 Å². The van der Waals surface area contributed by atoms with Crippen LogP contribution in [-0.4, -0.2) is 47.3 Å². The number of alkyl halides is 1. The van der Waals surface area contributed by atoms with E-state index in [0.29, 0.717) is 5.56 Å². The minimum absolute atomic E-state index is 0.234. The predicted molar refractivity (Wildman–Crippen MR) is 130 cm³/mol. The maximum Gasteiger partial charge on any atom is 0.338 e. The van der Waals surface area contributed by atoms with Crippen LogP contribution in [0.15, 0.2) is 91.0 Å². The molecule has 3 aromatic carbocycles. The molecule has 182 valence electrons. The van der Waals surface area contributed by atoms with Gasteiger partial charge in [0.05, 0.1) is 16.7 Å². The number of hydrogen-bond acceptors (Lipinski definition) is 8. The third-order valence-corrected chi connectivity index (χ3v) is 6.21. The smallest absolute Gasteiger partial charge is 0.338 e. The molecule has 0 aliphatic carbocycles. The third-order valence-electron chi connectivity index (χ3n) is 5.39. The molecule has 4 atom stereocenters. The van der Waals surface area contributed by atoms with Crippen LogP contribution >= 0.6 is 15.9 Å². The summed E-state index contributed by atoms with van der Waals surface area (Å²) in [6.07, 6.45) is -3.76. The molecular weight excluding hydrogens is 530 g/mol. The zero-order valence-electron chi connectivity index (χ0n) is 18.8. The van der Waals surface area contributed by atoms with Crippen LogP contribution in [0.5, 0.6) is 0 Å². The number of carbonyl (C=O) groups is 3. The van der Waals surface area contributed by atoms with Crippen LogP contribution in [-0.2, 0) is 18.9 Å². The van der Waals surface area contributed by atoms with Crippen molar-refractivity contribution in [2.24, 2.45) is 0 Å². The number of benzene rings is 3. The van der Waals surface area contributed by atoms with E-state index in [-0.39, 0.29) is 17.7 Å². The fraction of sp³-hybridized carbons (Fsp3) is 0.185. The lowest BCUT2D eigenvalue weighted by Crippen LogP contribution is -2.44. The quantitative estimate of drug-likeness (QED) is 0.243. The molecule has 0 radical (unpaired) electrons. The monoisotopic (exact) mass is 549 g/mol. The van der Waals surface area contributed by atoms with Crippen molar-refractivity contribution in [3.8, 4) is 6.07 Å². The minimum atomic E-state index is -1.86. The minimum Gasteiger partial charge on any atom is -0.459 e. The Kier molecular flexibility index (Phi) is 7.78. The zero-order valence-corrected chi connectivity index (χ0v) is 20.4. The molecule has 0 spiro atoms. The lowest BCUT2D eigenvalue weighted by atomic mass is 10.1. The van der Waals surface area contributed by atoms with Gasteiger partial charge >= 0.3 is 17.9 Å². The zero-order chi connectivity index (χ0) is 25.5. The van der Waals surface area contributed by atoms with Crippen LogP contribution in [0, 0.1) is 11.3 Å². The molecule has 0 bridgehead atoms. The molecule has 1 fully saturated rings. The van der Waals surface area contributed by atoms with E-state index in [0.717, 1.165) is 0 Å². The summed E-state index contributed by atoms with van der Waals surface area (Å²) in [5, 5.41) is 9.86. The second kappa shape index (κ2) is 11.2. The van der Waals surface area contributed by atoms with E-state index in [1.807, 2.05) is 6.07 Å². The van der Waals surface area contributed by atoms with Crippen molar-refractivity contribution in [3.63, 3.8) is 0 Å². The highest BCUT2D eigenvalue weighted by atomic mass is 79.9. The maximum absolute atomic E-state index is 12.9. The van der Waals surface area contributed by atoms with E-state index in [9.17, 15) is 19.6 Å². The van der Waals surface area contributed by atoms with Crippen molar-refractivity contribution in [1.29, 1.82) is 5.26 Å². The van der Waals surface area contributed by atoms with Crippen LogP contribution in [0.4, 0.5) is 0 Å². The third kappa shape index (κ3) is 5.62. The maximum atomic E-state index is 12.9. The first-order valence-electron chi connectivity index (χ1n) is 10.9. The van der Waals surface area contributed by atoms with Crippen molar-refractivity contribution in [2.45, 2.75) is 22.8 Å². The molecule has 0 N–H and O–H groups in total. The Hall–Kier alpha value is -4.00. The summed E-state index contributed by atoms with van der Waals surface area (Å²) in [6, 6.07) is 26.5. The van der Waals surface area contributed by atoms with Gasteiger partial charge in [0.15, 0.2) is 12.2 Å². The van der Waals surface area contributed by atoms with Crippen LogP contribution in [0.25, 0.3) is 0 Å². The van der Waals surface area contributed by atoms with E-state index in [4.69, 9.17) is 18.9 Å². The molecule has 1 aliphatic rings. The van der Waals surface area contributed by atoms with Crippen molar-refractivity contribution in [2.75, 3.05) is 6.61 Å². The Morgan fingerprint density at radius 1 is 0.778 bits per heavy atom. The van der Waals surface area contributed by atoms with Gasteiger partial charge in [-0.3, -0.25) is 0 Å². The van der Waals surface area contributed by atoms with E-state index >= 15 is 0 Å². The molecule has 4 rings (SSSR count). The largest absolute Gasteiger partial charge is 0.459 e. The lowest BCUT2D eigenvalue weighted by Gasteiger charge is -2.25. The number of nitrogens with zero attached hydrogens (tertiary/aromatic N) is 1. The summed E-state index contributed by atoms with van der Waals surface area (Å²) >= 11 is 3.20. The topological polar surface area (TPSA) is 112 Å². The molecule has 1 saturated heterocycles. The number of nitriles is 1. The summed E-state index contributed by atoms with van der Waals surface area (Å²) in [5.41, 5.74) is 0.790. The molecule has 0 unspecified atom stereocenters. The predicted octanol–water partition coefficient (Wildman–Crippen LogP) is 4.31. The van der Waals surface area contributed by atoms with E-state index in [1.54, 1.807) is 91.0 Å². The van der Waals surface area contributed by atoms with E-state index < -0.39 is 40.7 Å². The van der Waals surface area contributed by atoms with Crippen LogP contribution in [0.2, 0.25) is 0 Å². The average Bonchev–Trinajstić information content (AvgIpc) is 3.19. The molecule has 0 amide bonds. The fourth-order valence-corrected chi connectivity index (χ4v) is 4.19. The van der Waals surface area contributed by atoms with Gasteiger partial charge in [0.2, 0.25) is 0 Å². The molecule has 0 aromatic heterocycles. The van der Waals surface area contributed by atoms with Crippen molar-refractivity contribution < 1.29 is 33.3 Å². The number of hydrogen-bond donors (Lipinski definition) is 0. The highest BCUT2D eigenvalue weighted by molar-refractivity contribution is 9.10. The average molecular weight is 550 g/mol. The van der Waals surface area contributed by atoms with Crippen LogP contribution in [0.3, 0.4) is 0 Å². The van der Waals surface area contributed by atoms with Crippen molar-refractivity contribution in [1.82, 2.24) is 0 Å². The first-order chi connectivity index (χ1) is 17.4. The van der Waals surface area contributed by atoms with Gasteiger partial charge in [-0.1, -0.05) is 54.6 Å². The molecule has 0 saturated carbocycles. The molecule has 1 aliphatic heterocycles. The van der Waals surface area contributed by atoms with Gasteiger partial charge in [-0.2, -0.15) is 5.26 Å². The standard InChI is InChI=1S/C27H20BrNO7/c28-27(17-29)23(35-26(32)20-14-8-3-9-15-20)22(34-25(31)19-12-6-2-7-13-19)21(36-27)16-33-24(30)18-10-4-1-5-11-18/h1-15,21-23H,16H2/t21-,22-,23-,27-/m1/s1. The Morgan fingerprint density at radius 3 is 1.69 bits per heavy atom. The number of carbonyl (C=O) groups excluding carboxylic acids is 3. The summed E-state index contributed by atoms with van der Waals surface area (Å²) in [5.74, 6) is -2.10. The van der Waals surface area contributed by atoms with Gasteiger partial charge in [0, 0.05) is 0 Å². The number of esters is 3. The van der Waals surface area contributed by atoms with Gasteiger partial charge in [-0.25, -0.2) is 14.4 Å². The Morgan fingerprint density at radius 2 is 1.22 bits per heavy atom. The SMILES string of the molecule is N#C[C@@]1(Br)O[C@H](COC(=O)c2ccccc2)[C@@H](OC(=O)c2ccccc2)[C@H]1OC(=O)c1ccccc1. The normalized spacial score (nSPS) is 22.7. The molecule has 36 heavy (non-hydrogen) atoms. The van der Waals surface area contributed by atoms with Gasteiger partial charge in [0.25, 0.3) is 4.51 Å². The molecule has 3 aromatic rings. The number of ether oxygens (including phenoxy) is 4. The van der Waals surface area contributed by atoms with Crippen LogP contribution in [0.1, 0.15) is 31.1 Å². The summed E-state index contributed by atoms with van der Waals surface area (Å²) in [7, 11) is 0. The second-order valence-corrected chi connectivity index (χ2v) is 8.98. The number of rotatable bonds is 7. The van der Waals surface area contributed by atoms with Gasteiger partial charge in [-0.05, 0) is 52.3 Å². The molecular formula is C27H20BrNO7. The second-order valence-electron chi connectivity index (χ2n) is 7.81. The molecule has 8 nitrogen and oxygen atoms in total. The van der Waals surface area contributed by atoms with Gasteiger partial charge in [0.1, 0.15) is 18.8 Å². The van der Waals surface area contributed by atoms with Gasteiger partial charge in [-0.15, -0.1) is 0 Å². The summed E-state index contributed by atoms with van der Waals surface area (Å²) in [4.78, 5) is 38.2. The van der Waals surface area contributed by atoms with Crippen LogP contribution < -0.4 is 0 Å². The van der Waals surface area contributed by atoms with E-state index in [2.05, 4.69) is 15.9 Å². The Bertz CT molecular complexity index is 1260. The Balaban J connectivity index is 1.59. The molecule has 1 heterocycles.